The molecule has 4 heteroatoms. The first-order valence-corrected chi connectivity index (χ1v) is 10.9. The molecular formula is C27H20BNO2. The molecule has 0 radical (unpaired) electrons. The van der Waals surface area contributed by atoms with Crippen molar-refractivity contribution in [2.75, 3.05) is 4.90 Å². The van der Waals surface area contributed by atoms with E-state index in [0.29, 0.717) is 5.92 Å². The van der Waals surface area contributed by atoms with Crippen molar-refractivity contribution in [3.05, 3.63) is 84.4 Å². The molecule has 0 saturated heterocycles. The van der Waals surface area contributed by atoms with Crippen molar-refractivity contribution in [2.24, 2.45) is 0 Å². The molecule has 4 aromatic rings. The second-order valence-electron chi connectivity index (χ2n) is 8.77. The summed E-state index contributed by atoms with van der Waals surface area (Å²) in [6, 6.07) is 27.7. The lowest BCUT2D eigenvalue weighted by Crippen LogP contribution is -2.61. The Morgan fingerprint density at radius 1 is 0.645 bits per heavy atom. The molecule has 0 aliphatic carbocycles. The van der Waals surface area contributed by atoms with Gasteiger partial charge in [-0.05, 0) is 70.9 Å². The van der Waals surface area contributed by atoms with Crippen molar-refractivity contribution in [3.8, 4) is 23.0 Å². The van der Waals surface area contributed by atoms with Gasteiger partial charge >= 0.3 is 0 Å². The topological polar surface area (TPSA) is 21.7 Å². The molecule has 148 valence electrons. The van der Waals surface area contributed by atoms with E-state index < -0.39 is 0 Å². The third-order valence-corrected chi connectivity index (χ3v) is 6.68. The molecule has 4 aromatic carbocycles. The Morgan fingerprint density at radius 2 is 1.23 bits per heavy atom. The molecule has 0 amide bonds. The summed E-state index contributed by atoms with van der Waals surface area (Å²) in [6.07, 6.45) is 0. The quantitative estimate of drug-likeness (QED) is 0.366. The van der Waals surface area contributed by atoms with Crippen LogP contribution >= 0.6 is 0 Å². The minimum Gasteiger partial charge on any atom is -0.458 e. The Balaban J connectivity index is 1.58. The highest BCUT2D eigenvalue weighted by molar-refractivity contribution is 7.00. The maximum atomic E-state index is 6.52. The van der Waals surface area contributed by atoms with Crippen molar-refractivity contribution in [1.29, 1.82) is 0 Å². The summed E-state index contributed by atoms with van der Waals surface area (Å²) in [5, 5.41) is 0. The van der Waals surface area contributed by atoms with E-state index >= 15 is 0 Å². The van der Waals surface area contributed by atoms with Crippen LogP contribution in [0.15, 0.2) is 78.9 Å². The Hall–Kier alpha value is -3.66. The summed E-state index contributed by atoms with van der Waals surface area (Å²) in [7, 11) is 0. The third kappa shape index (κ3) is 2.19. The molecular weight excluding hydrogens is 381 g/mol. The van der Waals surface area contributed by atoms with Crippen LogP contribution in [0.1, 0.15) is 25.3 Å². The number of hydrogen-bond acceptors (Lipinski definition) is 3. The van der Waals surface area contributed by atoms with Gasteiger partial charge in [-0.15, -0.1) is 0 Å². The zero-order valence-electron chi connectivity index (χ0n) is 17.4. The Kier molecular flexibility index (Phi) is 3.27. The van der Waals surface area contributed by atoms with Gasteiger partial charge in [0, 0.05) is 22.5 Å². The van der Waals surface area contributed by atoms with E-state index in [1.807, 2.05) is 0 Å². The lowest BCUT2D eigenvalue weighted by molar-refractivity contribution is 0.462. The van der Waals surface area contributed by atoms with E-state index in [9.17, 15) is 0 Å². The van der Waals surface area contributed by atoms with Gasteiger partial charge in [-0.2, -0.15) is 0 Å². The number of rotatable bonds is 2. The van der Waals surface area contributed by atoms with Crippen LogP contribution in [-0.4, -0.2) is 6.71 Å². The zero-order chi connectivity index (χ0) is 20.7. The van der Waals surface area contributed by atoms with Gasteiger partial charge in [0.05, 0.1) is 0 Å². The van der Waals surface area contributed by atoms with E-state index in [4.69, 9.17) is 9.47 Å². The minimum absolute atomic E-state index is 0.117. The van der Waals surface area contributed by atoms with Gasteiger partial charge in [0.1, 0.15) is 23.0 Å². The molecule has 0 spiro atoms. The molecule has 0 saturated carbocycles. The summed E-state index contributed by atoms with van der Waals surface area (Å²) in [6.45, 7) is 4.53. The first kappa shape index (κ1) is 17.1. The average molecular weight is 401 g/mol. The van der Waals surface area contributed by atoms with Crippen molar-refractivity contribution in [2.45, 2.75) is 19.8 Å². The molecule has 3 aliphatic rings. The summed E-state index contributed by atoms with van der Waals surface area (Å²) >= 11 is 0. The summed E-state index contributed by atoms with van der Waals surface area (Å²) in [5.74, 6) is 4.11. The first-order valence-electron chi connectivity index (χ1n) is 10.9. The molecule has 0 atom stereocenters. The van der Waals surface area contributed by atoms with Gasteiger partial charge < -0.3 is 14.4 Å². The van der Waals surface area contributed by atoms with Crippen LogP contribution in [0, 0.1) is 0 Å². The lowest BCUT2D eigenvalue weighted by atomic mass is 9.33. The second kappa shape index (κ2) is 5.95. The van der Waals surface area contributed by atoms with Crippen LogP contribution in [0.5, 0.6) is 23.0 Å². The fourth-order valence-electron chi connectivity index (χ4n) is 5.28. The van der Waals surface area contributed by atoms with E-state index in [1.54, 1.807) is 0 Å². The van der Waals surface area contributed by atoms with Crippen molar-refractivity contribution in [3.63, 3.8) is 0 Å². The summed E-state index contributed by atoms with van der Waals surface area (Å²) in [4.78, 5) is 2.33. The Bertz CT molecular complexity index is 1300. The van der Waals surface area contributed by atoms with E-state index in [-0.39, 0.29) is 6.71 Å². The highest BCUT2D eigenvalue weighted by Gasteiger charge is 2.47. The first-order chi connectivity index (χ1) is 15.2. The zero-order valence-corrected chi connectivity index (χ0v) is 17.4. The van der Waals surface area contributed by atoms with Crippen LogP contribution < -0.4 is 30.8 Å². The standard InChI is InChI=1S/C27H20BNO2/c1-16(2)17-14-23-27-24(15-17)31-22-13-7-11-20-26(22)28(27)25-19(10-6-12-21(25)30-23)29(20)18-8-4-3-5-9-18/h3-16H,1-2H3. The largest absolute Gasteiger partial charge is 0.458 e. The van der Waals surface area contributed by atoms with Crippen molar-refractivity contribution in [1.82, 2.24) is 0 Å². The highest BCUT2D eigenvalue weighted by atomic mass is 16.5. The van der Waals surface area contributed by atoms with Crippen LogP contribution in [-0.2, 0) is 0 Å². The van der Waals surface area contributed by atoms with Crippen LogP contribution in [0.4, 0.5) is 17.1 Å². The molecule has 0 aromatic heterocycles. The maximum Gasteiger partial charge on any atom is 0.266 e. The lowest BCUT2D eigenvalue weighted by Gasteiger charge is -2.42. The Labute approximate surface area is 181 Å². The van der Waals surface area contributed by atoms with E-state index in [0.717, 1.165) is 34.1 Å². The van der Waals surface area contributed by atoms with Gasteiger partial charge in [-0.3, -0.25) is 0 Å². The smallest absolute Gasteiger partial charge is 0.266 e. The van der Waals surface area contributed by atoms with E-state index in [2.05, 4.69) is 97.6 Å². The molecule has 0 unspecified atom stereocenters. The molecule has 0 fully saturated rings. The van der Waals surface area contributed by atoms with Crippen LogP contribution in [0.25, 0.3) is 0 Å². The highest BCUT2D eigenvalue weighted by Crippen LogP contribution is 2.45. The van der Waals surface area contributed by atoms with Gasteiger partial charge in [-0.1, -0.05) is 44.2 Å². The van der Waals surface area contributed by atoms with Crippen LogP contribution in [0.3, 0.4) is 0 Å². The normalized spacial score (nSPS) is 14.2. The SMILES string of the molecule is CC(C)c1cc2c3c(c1)Oc1cccc4c1B3c1c(cccc1N4c1ccccc1)O2. The molecule has 3 nitrogen and oxygen atoms in total. The fraction of sp³-hybridized carbons (Fsp3) is 0.111. The number of nitrogens with zero attached hydrogens (tertiary/aromatic N) is 1. The molecule has 31 heavy (non-hydrogen) atoms. The molecule has 0 bridgehead atoms. The number of benzene rings is 4. The van der Waals surface area contributed by atoms with Gasteiger partial charge in [0.15, 0.2) is 0 Å². The van der Waals surface area contributed by atoms with Gasteiger partial charge in [0.25, 0.3) is 6.71 Å². The fourth-order valence-corrected chi connectivity index (χ4v) is 5.28. The molecule has 3 heterocycles. The van der Waals surface area contributed by atoms with E-state index in [1.165, 1.54) is 27.9 Å². The summed E-state index contributed by atoms with van der Waals surface area (Å²) in [5.41, 5.74) is 8.30. The third-order valence-electron chi connectivity index (χ3n) is 6.68. The molecule has 7 rings (SSSR count). The number of ether oxygens (including phenoxy) is 2. The van der Waals surface area contributed by atoms with Crippen LogP contribution in [0.2, 0.25) is 0 Å². The second-order valence-corrected chi connectivity index (χ2v) is 8.77. The number of hydrogen-bond donors (Lipinski definition) is 0. The monoisotopic (exact) mass is 401 g/mol. The van der Waals surface area contributed by atoms with Crippen molar-refractivity contribution < 1.29 is 9.47 Å². The van der Waals surface area contributed by atoms with Crippen molar-refractivity contribution >= 4 is 40.2 Å². The number of anilines is 3. The minimum atomic E-state index is 0.117. The van der Waals surface area contributed by atoms with Gasteiger partial charge in [0.2, 0.25) is 0 Å². The predicted molar refractivity (Wildman–Crippen MR) is 126 cm³/mol. The molecule has 3 aliphatic heterocycles. The number of para-hydroxylation sites is 1. The maximum absolute atomic E-state index is 6.52. The Morgan fingerprint density at radius 3 is 1.77 bits per heavy atom. The predicted octanol–water partition coefficient (Wildman–Crippen LogP) is 5.32. The van der Waals surface area contributed by atoms with Gasteiger partial charge in [-0.25, -0.2) is 0 Å². The molecule has 0 N–H and O–H groups in total. The average Bonchev–Trinajstić information content (AvgIpc) is 2.79. The summed E-state index contributed by atoms with van der Waals surface area (Å²) < 4.78 is 13.0.